The zero-order chi connectivity index (χ0) is 20.1. The highest BCUT2D eigenvalue weighted by atomic mass is 16.2. The fourth-order valence-corrected chi connectivity index (χ4v) is 3.74. The predicted molar refractivity (Wildman–Crippen MR) is 109 cm³/mol. The van der Waals surface area contributed by atoms with E-state index in [2.05, 4.69) is 42.3 Å². The maximum atomic E-state index is 12.8. The summed E-state index contributed by atoms with van der Waals surface area (Å²) in [6.45, 7) is 10.7. The van der Waals surface area contributed by atoms with Crippen molar-refractivity contribution in [3.63, 3.8) is 0 Å². The van der Waals surface area contributed by atoms with Crippen LogP contribution >= 0.6 is 0 Å². The molecule has 0 saturated carbocycles. The normalized spacial score (nSPS) is 18.2. The lowest BCUT2D eigenvalue weighted by molar-refractivity contribution is 0.0740. The topological polar surface area (TPSA) is 95.3 Å². The van der Waals surface area contributed by atoms with Crippen LogP contribution in [0.3, 0.4) is 0 Å². The average Bonchev–Trinajstić information content (AvgIpc) is 3.27. The van der Waals surface area contributed by atoms with Crippen LogP contribution < -0.4 is 10.2 Å². The number of aromatic nitrogens is 5. The monoisotopic (exact) mass is 399 g/mol. The lowest BCUT2D eigenvalue weighted by Gasteiger charge is -2.35. The van der Waals surface area contributed by atoms with Gasteiger partial charge < -0.3 is 15.1 Å². The number of hydrogen-bond acceptors (Lipinski definition) is 8. The summed E-state index contributed by atoms with van der Waals surface area (Å²) < 4.78 is 1.78. The highest BCUT2D eigenvalue weighted by Crippen LogP contribution is 2.15. The van der Waals surface area contributed by atoms with Gasteiger partial charge in [0, 0.05) is 70.7 Å². The molecule has 2 aliphatic heterocycles. The largest absolute Gasteiger partial charge is 0.353 e. The quantitative estimate of drug-likeness (QED) is 0.695. The van der Waals surface area contributed by atoms with E-state index in [1.807, 2.05) is 11.0 Å². The lowest BCUT2D eigenvalue weighted by atomic mass is 10.2. The SMILES string of the molecule is CCc1cc(N2CCN(C(=O)c3cn(CCN4CCNCC4)nn3)CC2)ncn1. The van der Waals surface area contributed by atoms with Crippen LogP contribution in [0, 0.1) is 0 Å². The van der Waals surface area contributed by atoms with Crippen molar-refractivity contribution in [2.24, 2.45) is 0 Å². The number of amides is 1. The minimum atomic E-state index is -0.0463. The molecule has 0 spiro atoms. The van der Waals surface area contributed by atoms with Gasteiger partial charge in [0.2, 0.25) is 0 Å². The van der Waals surface area contributed by atoms with Gasteiger partial charge in [-0.3, -0.25) is 14.4 Å². The van der Waals surface area contributed by atoms with E-state index in [1.54, 1.807) is 17.2 Å². The van der Waals surface area contributed by atoms with E-state index in [9.17, 15) is 4.79 Å². The van der Waals surface area contributed by atoms with Gasteiger partial charge in [-0.15, -0.1) is 5.10 Å². The summed E-state index contributed by atoms with van der Waals surface area (Å²) in [7, 11) is 0. The minimum Gasteiger partial charge on any atom is -0.353 e. The van der Waals surface area contributed by atoms with Gasteiger partial charge in [-0.25, -0.2) is 9.97 Å². The van der Waals surface area contributed by atoms with E-state index in [0.717, 1.165) is 70.3 Å². The molecule has 2 aliphatic rings. The maximum Gasteiger partial charge on any atom is 0.276 e. The first kappa shape index (κ1) is 19.7. The van der Waals surface area contributed by atoms with Gasteiger partial charge in [0.15, 0.2) is 5.69 Å². The molecule has 2 fully saturated rings. The number of nitrogens with one attached hydrogen (secondary N) is 1. The summed E-state index contributed by atoms with van der Waals surface area (Å²) in [5.74, 6) is 0.887. The molecule has 2 aromatic rings. The Morgan fingerprint density at radius 3 is 2.62 bits per heavy atom. The summed E-state index contributed by atoms with van der Waals surface area (Å²) in [5.41, 5.74) is 1.46. The smallest absolute Gasteiger partial charge is 0.276 e. The van der Waals surface area contributed by atoms with E-state index in [0.29, 0.717) is 18.8 Å². The molecule has 4 rings (SSSR count). The Labute approximate surface area is 170 Å². The van der Waals surface area contributed by atoms with Crippen molar-refractivity contribution in [1.29, 1.82) is 0 Å². The number of carbonyl (C=O) groups is 1. The molecule has 2 saturated heterocycles. The second-order valence-corrected chi connectivity index (χ2v) is 7.46. The van der Waals surface area contributed by atoms with Gasteiger partial charge in [0.25, 0.3) is 5.91 Å². The number of hydrogen-bond donors (Lipinski definition) is 1. The molecule has 0 radical (unpaired) electrons. The van der Waals surface area contributed by atoms with Gasteiger partial charge in [-0.2, -0.15) is 0 Å². The molecule has 29 heavy (non-hydrogen) atoms. The number of carbonyl (C=O) groups excluding carboxylic acids is 1. The van der Waals surface area contributed by atoms with Crippen LogP contribution in [0.1, 0.15) is 23.1 Å². The zero-order valence-electron chi connectivity index (χ0n) is 17.0. The first-order valence-electron chi connectivity index (χ1n) is 10.4. The number of nitrogens with zero attached hydrogens (tertiary/aromatic N) is 8. The molecule has 0 atom stereocenters. The van der Waals surface area contributed by atoms with Crippen molar-refractivity contribution in [1.82, 2.24) is 40.1 Å². The summed E-state index contributed by atoms with van der Waals surface area (Å²) in [4.78, 5) is 27.9. The lowest BCUT2D eigenvalue weighted by Crippen LogP contribution is -2.49. The van der Waals surface area contributed by atoms with Crippen molar-refractivity contribution in [2.45, 2.75) is 19.9 Å². The Kier molecular flexibility index (Phi) is 6.30. The Balaban J connectivity index is 1.28. The summed E-state index contributed by atoms with van der Waals surface area (Å²) in [6, 6.07) is 2.03. The molecular formula is C19H29N9O. The van der Waals surface area contributed by atoms with Crippen LogP contribution in [0.2, 0.25) is 0 Å². The number of rotatable bonds is 6. The molecule has 4 heterocycles. The minimum absolute atomic E-state index is 0.0463. The predicted octanol–water partition coefficient (Wildman–Crippen LogP) is -0.502. The highest BCUT2D eigenvalue weighted by Gasteiger charge is 2.25. The Hall–Kier alpha value is -2.59. The zero-order valence-corrected chi connectivity index (χ0v) is 17.0. The number of aryl methyl sites for hydroxylation is 1. The highest BCUT2D eigenvalue weighted by molar-refractivity contribution is 5.92. The Bertz CT molecular complexity index is 810. The van der Waals surface area contributed by atoms with Crippen LogP contribution in [0.25, 0.3) is 0 Å². The van der Waals surface area contributed by atoms with Gasteiger partial charge in [0.1, 0.15) is 12.1 Å². The second-order valence-electron chi connectivity index (χ2n) is 7.46. The number of anilines is 1. The Morgan fingerprint density at radius 2 is 1.86 bits per heavy atom. The molecule has 1 N–H and O–H groups in total. The van der Waals surface area contributed by atoms with Crippen molar-refractivity contribution in [3.8, 4) is 0 Å². The van der Waals surface area contributed by atoms with Crippen molar-refractivity contribution in [2.75, 3.05) is 63.8 Å². The van der Waals surface area contributed by atoms with Crippen LogP contribution in [0.5, 0.6) is 0 Å². The first-order valence-corrected chi connectivity index (χ1v) is 10.4. The molecule has 156 valence electrons. The standard InChI is InChI=1S/C19H29N9O/c1-2-16-13-18(22-15-21-16)26-8-10-27(11-9-26)19(29)17-14-28(24-23-17)12-7-25-5-3-20-4-6-25/h13-15,20H,2-12H2,1H3. The van der Waals surface area contributed by atoms with Gasteiger partial charge in [0.05, 0.1) is 12.7 Å². The third-order valence-corrected chi connectivity index (χ3v) is 5.58. The maximum absolute atomic E-state index is 12.8. The summed E-state index contributed by atoms with van der Waals surface area (Å²) in [5, 5.41) is 11.6. The molecule has 2 aromatic heterocycles. The average molecular weight is 400 g/mol. The van der Waals surface area contributed by atoms with E-state index < -0.39 is 0 Å². The fourth-order valence-electron chi connectivity index (χ4n) is 3.74. The molecule has 1 amide bonds. The number of piperazine rings is 2. The van der Waals surface area contributed by atoms with Crippen LogP contribution in [0.4, 0.5) is 5.82 Å². The van der Waals surface area contributed by atoms with Crippen molar-refractivity contribution < 1.29 is 4.79 Å². The molecule has 0 unspecified atom stereocenters. The second kappa shape index (κ2) is 9.27. The molecule has 0 bridgehead atoms. The van der Waals surface area contributed by atoms with Crippen molar-refractivity contribution >= 4 is 11.7 Å². The summed E-state index contributed by atoms with van der Waals surface area (Å²) in [6.07, 6.45) is 4.28. The summed E-state index contributed by atoms with van der Waals surface area (Å²) >= 11 is 0. The first-order chi connectivity index (χ1) is 14.2. The van der Waals surface area contributed by atoms with E-state index >= 15 is 0 Å². The fraction of sp³-hybridized carbons (Fsp3) is 0.632. The van der Waals surface area contributed by atoms with Crippen molar-refractivity contribution in [3.05, 3.63) is 30.0 Å². The van der Waals surface area contributed by atoms with Crippen LogP contribution in [-0.2, 0) is 13.0 Å². The molecule has 10 heteroatoms. The van der Waals surface area contributed by atoms with Crippen LogP contribution in [-0.4, -0.2) is 99.6 Å². The van der Waals surface area contributed by atoms with E-state index in [-0.39, 0.29) is 5.91 Å². The van der Waals surface area contributed by atoms with Crippen LogP contribution in [0.15, 0.2) is 18.6 Å². The van der Waals surface area contributed by atoms with E-state index in [1.165, 1.54) is 0 Å². The molecular weight excluding hydrogens is 370 g/mol. The van der Waals surface area contributed by atoms with Gasteiger partial charge in [-0.1, -0.05) is 12.1 Å². The third kappa shape index (κ3) is 4.88. The molecule has 10 nitrogen and oxygen atoms in total. The van der Waals surface area contributed by atoms with Gasteiger partial charge in [-0.05, 0) is 6.42 Å². The van der Waals surface area contributed by atoms with Gasteiger partial charge >= 0.3 is 0 Å². The Morgan fingerprint density at radius 1 is 1.07 bits per heavy atom. The molecule has 0 aliphatic carbocycles. The third-order valence-electron chi connectivity index (χ3n) is 5.58. The van der Waals surface area contributed by atoms with E-state index in [4.69, 9.17) is 0 Å². The molecule has 0 aromatic carbocycles.